The molecule has 0 saturated carbocycles. The van der Waals surface area contributed by atoms with E-state index in [9.17, 15) is 9.59 Å². The van der Waals surface area contributed by atoms with Gasteiger partial charge >= 0.3 is 0 Å². The van der Waals surface area contributed by atoms with Crippen molar-refractivity contribution in [3.05, 3.63) is 59.1 Å². The molecule has 126 valence electrons. The van der Waals surface area contributed by atoms with Crippen molar-refractivity contribution in [2.24, 2.45) is 0 Å². The van der Waals surface area contributed by atoms with Crippen molar-refractivity contribution >= 4 is 29.1 Å². The van der Waals surface area contributed by atoms with Crippen LogP contribution in [0.4, 0.5) is 5.69 Å². The Morgan fingerprint density at radius 1 is 1.12 bits per heavy atom. The van der Waals surface area contributed by atoms with Crippen LogP contribution in [0.3, 0.4) is 0 Å². The van der Waals surface area contributed by atoms with Crippen LogP contribution in [-0.4, -0.2) is 36.9 Å². The van der Waals surface area contributed by atoms with Crippen LogP contribution < -0.4 is 10.1 Å². The smallest absolute Gasteiger partial charge is 0.265 e. The second kappa shape index (κ2) is 7.84. The van der Waals surface area contributed by atoms with E-state index in [-0.39, 0.29) is 11.8 Å². The predicted octanol–water partition coefficient (Wildman–Crippen LogP) is 3.45. The molecule has 0 aromatic heterocycles. The van der Waals surface area contributed by atoms with Gasteiger partial charge in [-0.2, -0.15) is 0 Å². The minimum absolute atomic E-state index is 0.130. The van der Waals surface area contributed by atoms with Crippen LogP contribution in [0, 0.1) is 0 Å². The fourth-order valence-electron chi connectivity index (χ4n) is 2.03. The largest absolute Gasteiger partial charge is 0.481 e. The lowest BCUT2D eigenvalue weighted by molar-refractivity contribution is -0.122. The van der Waals surface area contributed by atoms with Gasteiger partial charge in [0.15, 0.2) is 6.10 Å². The van der Waals surface area contributed by atoms with Crippen LogP contribution in [0.2, 0.25) is 5.02 Å². The highest BCUT2D eigenvalue weighted by Crippen LogP contribution is 2.19. The molecule has 0 bridgehead atoms. The monoisotopic (exact) mass is 346 g/mol. The van der Waals surface area contributed by atoms with Gasteiger partial charge in [0.05, 0.1) is 0 Å². The summed E-state index contributed by atoms with van der Waals surface area (Å²) in [6.45, 7) is 1.64. The Morgan fingerprint density at radius 2 is 1.83 bits per heavy atom. The molecule has 1 N–H and O–H groups in total. The first-order valence-electron chi connectivity index (χ1n) is 7.41. The first-order valence-corrected chi connectivity index (χ1v) is 7.79. The molecular weight excluding hydrogens is 328 g/mol. The molecule has 0 spiro atoms. The van der Waals surface area contributed by atoms with E-state index in [1.165, 1.54) is 4.90 Å². The van der Waals surface area contributed by atoms with E-state index < -0.39 is 6.10 Å². The van der Waals surface area contributed by atoms with E-state index in [0.29, 0.717) is 22.0 Å². The first-order chi connectivity index (χ1) is 11.4. The third-order valence-corrected chi connectivity index (χ3v) is 3.50. The summed E-state index contributed by atoms with van der Waals surface area (Å²) in [5.74, 6) is 0.0699. The molecule has 2 amide bonds. The van der Waals surface area contributed by atoms with Gasteiger partial charge in [-0.05, 0) is 43.3 Å². The number of nitrogens with zero attached hydrogens (tertiary/aromatic N) is 1. The second-order valence-electron chi connectivity index (χ2n) is 5.49. The van der Waals surface area contributed by atoms with E-state index in [4.69, 9.17) is 16.3 Å². The van der Waals surface area contributed by atoms with Crippen LogP contribution in [0.1, 0.15) is 17.3 Å². The molecule has 5 nitrogen and oxygen atoms in total. The maximum atomic E-state index is 12.3. The van der Waals surface area contributed by atoms with Crippen LogP contribution in [0.15, 0.2) is 48.5 Å². The predicted molar refractivity (Wildman–Crippen MR) is 94.6 cm³/mol. The Hall–Kier alpha value is -2.53. The Morgan fingerprint density at radius 3 is 2.50 bits per heavy atom. The quantitative estimate of drug-likeness (QED) is 0.902. The average Bonchev–Trinajstić information content (AvgIpc) is 2.54. The summed E-state index contributed by atoms with van der Waals surface area (Å²) in [7, 11) is 3.35. The number of hydrogen-bond donors (Lipinski definition) is 1. The van der Waals surface area contributed by atoms with Crippen LogP contribution in [0.25, 0.3) is 0 Å². The highest BCUT2D eigenvalue weighted by Gasteiger charge is 2.16. The molecule has 6 heteroatoms. The summed E-state index contributed by atoms with van der Waals surface area (Å²) in [6.07, 6.45) is -0.711. The fraction of sp³-hybridized carbons (Fsp3) is 0.222. The zero-order valence-corrected chi connectivity index (χ0v) is 14.5. The Kier molecular flexibility index (Phi) is 5.82. The lowest BCUT2D eigenvalue weighted by atomic mass is 10.1. The minimum atomic E-state index is -0.711. The number of nitrogens with one attached hydrogen (secondary N) is 1. The molecule has 0 aliphatic carbocycles. The average molecular weight is 347 g/mol. The van der Waals surface area contributed by atoms with Crippen LogP contribution in [0.5, 0.6) is 5.75 Å². The molecule has 2 aromatic rings. The summed E-state index contributed by atoms with van der Waals surface area (Å²) in [5.41, 5.74) is 1.04. The summed E-state index contributed by atoms with van der Waals surface area (Å²) in [5, 5.41) is 3.28. The van der Waals surface area contributed by atoms with Gasteiger partial charge in [-0.1, -0.05) is 23.7 Å². The molecule has 1 unspecified atom stereocenters. The Labute approximate surface area is 146 Å². The normalized spacial score (nSPS) is 11.5. The molecule has 2 aromatic carbocycles. The molecular formula is C18H19ClN2O3. The molecule has 0 saturated heterocycles. The van der Waals surface area contributed by atoms with Crippen molar-refractivity contribution in [2.45, 2.75) is 13.0 Å². The van der Waals surface area contributed by atoms with Crippen molar-refractivity contribution in [2.75, 3.05) is 19.4 Å². The molecule has 0 heterocycles. The van der Waals surface area contributed by atoms with Gasteiger partial charge in [0, 0.05) is 30.4 Å². The fourth-order valence-corrected chi connectivity index (χ4v) is 2.21. The number of ether oxygens (including phenoxy) is 1. The first kappa shape index (κ1) is 17.8. The number of carbonyl (C=O) groups is 2. The standard InChI is InChI=1S/C18H19ClN2O3/c1-12(24-16-9-5-7-14(19)11-16)17(22)20-15-8-4-6-13(10-15)18(23)21(2)3/h4-12H,1-3H3,(H,20,22). The number of hydrogen-bond acceptors (Lipinski definition) is 3. The number of benzene rings is 2. The maximum absolute atomic E-state index is 12.3. The third kappa shape index (κ3) is 4.73. The Bertz CT molecular complexity index is 747. The van der Waals surface area contributed by atoms with Gasteiger partial charge < -0.3 is 15.0 Å². The van der Waals surface area contributed by atoms with Crippen molar-refractivity contribution in [1.29, 1.82) is 0 Å². The van der Waals surface area contributed by atoms with Gasteiger partial charge in [-0.3, -0.25) is 9.59 Å². The number of halogens is 1. The van der Waals surface area contributed by atoms with E-state index in [2.05, 4.69) is 5.32 Å². The van der Waals surface area contributed by atoms with Crippen LogP contribution in [-0.2, 0) is 4.79 Å². The summed E-state index contributed by atoms with van der Waals surface area (Å²) in [6, 6.07) is 13.6. The summed E-state index contributed by atoms with van der Waals surface area (Å²) in [4.78, 5) is 25.7. The van der Waals surface area contributed by atoms with Gasteiger partial charge in [0.1, 0.15) is 5.75 Å². The van der Waals surface area contributed by atoms with Crippen molar-refractivity contribution in [1.82, 2.24) is 4.90 Å². The van der Waals surface area contributed by atoms with Crippen molar-refractivity contribution in [3.63, 3.8) is 0 Å². The zero-order valence-electron chi connectivity index (χ0n) is 13.7. The zero-order chi connectivity index (χ0) is 17.7. The van der Waals surface area contributed by atoms with Gasteiger partial charge in [-0.25, -0.2) is 0 Å². The second-order valence-corrected chi connectivity index (χ2v) is 5.92. The maximum Gasteiger partial charge on any atom is 0.265 e. The number of carbonyl (C=O) groups excluding carboxylic acids is 2. The lowest BCUT2D eigenvalue weighted by Gasteiger charge is -2.16. The number of rotatable bonds is 5. The number of amides is 2. The highest BCUT2D eigenvalue weighted by molar-refractivity contribution is 6.30. The van der Waals surface area contributed by atoms with E-state index in [1.54, 1.807) is 69.6 Å². The molecule has 0 aliphatic rings. The van der Waals surface area contributed by atoms with E-state index in [1.807, 2.05) is 0 Å². The minimum Gasteiger partial charge on any atom is -0.481 e. The van der Waals surface area contributed by atoms with Crippen molar-refractivity contribution in [3.8, 4) is 5.75 Å². The van der Waals surface area contributed by atoms with Gasteiger partial charge in [0.2, 0.25) is 0 Å². The topological polar surface area (TPSA) is 58.6 Å². The van der Waals surface area contributed by atoms with Crippen LogP contribution >= 0.6 is 11.6 Å². The molecule has 24 heavy (non-hydrogen) atoms. The lowest BCUT2D eigenvalue weighted by Crippen LogP contribution is -2.30. The molecule has 1 atom stereocenters. The molecule has 0 aliphatic heterocycles. The van der Waals surface area contributed by atoms with E-state index >= 15 is 0 Å². The van der Waals surface area contributed by atoms with E-state index in [0.717, 1.165) is 0 Å². The molecule has 2 rings (SSSR count). The molecule has 0 fully saturated rings. The van der Waals surface area contributed by atoms with Gasteiger partial charge in [-0.15, -0.1) is 0 Å². The number of anilines is 1. The third-order valence-electron chi connectivity index (χ3n) is 3.26. The Balaban J connectivity index is 2.03. The SMILES string of the molecule is CC(Oc1cccc(Cl)c1)C(=O)Nc1cccc(C(=O)N(C)C)c1. The summed E-state index contributed by atoms with van der Waals surface area (Å²) >= 11 is 5.89. The summed E-state index contributed by atoms with van der Waals surface area (Å²) < 4.78 is 5.57. The van der Waals surface area contributed by atoms with Crippen molar-refractivity contribution < 1.29 is 14.3 Å². The molecule has 0 radical (unpaired) electrons. The highest BCUT2D eigenvalue weighted by atomic mass is 35.5. The van der Waals surface area contributed by atoms with Gasteiger partial charge in [0.25, 0.3) is 11.8 Å².